The van der Waals surface area contributed by atoms with Crippen molar-refractivity contribution in [2.24, 2.45) is 5.73 Å². The van der Waals surface area contributed by atoms with Crippen molar-refractivity contribution in [2.45, 2.75) is 24.8 Å². The largest absolute Gasteiger partial charge is 0.493 e. The van der Waals surface area contributed by atoms with Crippen LogP contribution in [0.15, 0.2) is 39.5 Å². The molecule has 0 atom stereocenters. The fourth-order valence-electron chi connectivity index (χ4n) is 3.07. The predicted molar refractivity (Wildman–Crippen MR) is 106 cm³/mol. The molecule has 1 saturated carbocycles. The Morgan fingerprint density at radius 2 is 1.97 bits per heavy atom. The summed E-state index contributed by atoms with van der Waals surface area (Å²) in [5.41, 5.74) is 6.63. The summed E-state index contributed by atoms with van der Waals surface area (Å²) < 4.78 is 21.3. The number of amides is 1. The summed E-state index contributed by atoms with van der Waals surface area (Å²) in [4.78, 5) is 16.9. The SMILES string of the molecule is COc1cc(NC(=O)c2ccco2)c(-c2nc(C3(N)CCC3)no2)cc1OC.Cl. The average Bonchev–Trinajstić information content (AvgIpc) is 3.37. The van der Waals surface area contributed by atoms with Crippen molar-refractivity contribution in [1.29, 1.82) is 0 Å². The quantitative estimate of drug-likeness (QED) is 0.621. The molecule has 3 N–H and O–H groups in total. The lowest BCUT2D eigenvalue weighted by molar-refractivity contribution is 0.0996. The predicted octanol–water partition coefficient (Wildman–Crippen LogP) is 3.36. The standard InChI is InChI=1S/C19H20N4O5.ClH/c1-25-14-9-11(17-22-18(23-28-17)19(20)6-4-7-19)12(10-15(14)26-2)21-16(24)13-5-3-8-27-13;/h3,5,8-10H,4,6-7,20H2,1-2H3,(H,21,24);1H. The summed E-state index contributed by atoms with van der Waals surface area (Å²) in [7, 11) is 3.03. The van der Waals surface area contributed by atoms with Gasteiger partial charge in [0.05, 0.1) is 37.3 Å². The third-order valence-corrected chi connectivity index (χ3v) is 4.86. The fourth-order valence-corrected chi connectivity index (χ4v) is 3.07. The molecule has 1 fully saturated rings. The summed E-state index contributed by atoms with van der Waals surface area (Å²) in [5.74, 6) is 1.32. The van der Waals surface area contributed by atoms with Crippen LogP contribution in [-0.4, -0.2) is 30.3 Å². The lowest BCUT2D eigenvalue weighted by Gasteiger charge is -2.34. The molecule has 0 spiro atoms. The number of rotatable bonds is 6. The van der Waals surface area contributed by atoms with Gasteiger partial charge in [-0.05, 0) is 37.5 Å². The molecule has 0 aliphatic heterocycles. The van der Waals surface area contributed by atoms with Crippen molar-refractivity contribution in [3.05, 3.63) is 42.1 Å². The van der Waals surface area contributed by atoms with Crippen LogP contribution in [0.3, 0.4) is 0 Å². The Kier molecular flexibility index (Phi) is 5.81. The van der Waals surface area contributed by atoms with E-state index in [1.54, 1.807) is 24.3 Å². The Balaban J connectivity index is 0.00000240. The number of hydrogen-bond donors (Lipinski definition) is 2. The number of carbonyl (C=O) groups excluding carboxylic acids is 1. The van der Waals surface area contributed by atoms with Gasteiger partial charge in [0.15, 0.2) is 23.1 Å². The van der Waals surface area contributed by atoms with E-state index < -0.39 is 11.4 Å². The number of ether oxygens (including phenoxy) is 2. The number of benzene rings is 1. The molecule has 1 aromatic carbocycles. The van der Waals surface area contributed by atoms with Gasteiger partial charge in [0.25, 0.3) is 11.8 Å². The number of halogens is 1. The smallest absolute Gasteiger partial charge is 0.291 e. The van der Waals surface area contributed by atoms with Crippen LogP contribution in [0.25, 0.3) is 11.5 Å². The van der Waals surface area contributed by atoms with Crippen molar-refractivity contribution < 1.29 is 23.2 Å². The Morgan fingerprint density at radius 3 is 2.55 bits per heavy atom. The molecule has 29 heavy (non-hydrogen) atoms. The van der Waals surface area contributed by atoms with E-state index >= 15 is 0 Å². The van der Waals surface area contributed by atoms with E-state index in [1.807, 2.05) is 0 Å². The van der Waals surface area contributed by atoms with Crippen LogP contribution in [0.5, 0.6) is 11.5 Å². The number of nitrogens with zero attached hydrogens (tertiary/aromatic N) is 2. The van der Waals surface area contributed by atoms with Crippen LogP contribution in [0.4, 0.5) is 5.69 Å². The first-order chi connectivity index (χ1) is 13.5. The van der Waals surface area contributed by atoms with Gasteiger partial charge in [-0.25, -0.2) is 0 Å². The zero-order chi connectivity index (χ0) is 19.7. The summed E-state index contributed by atoms with van der Waals surface area (Å²) in [5, 5.41) is 6.83. The molecule has 4 rings (SSSR count). The highest BCUT2D eigenvalue weighted by molar-refractivity contribution is 6.04. The number of carbonyl (C=O) groups is 1. The second-order valence-corrected chi connectivity index (χ2v) is 6.62. The van der Waals surface area contributed by atoms with Crippen LogP contribution in [-0.2, 0) is 5.54 Å². The third-order valence-electron chi connectivity index (χ3n) is 4.86. The Labute approximate surface area is 173 Å². The molecule has 2 aromatic heterocycles. The zero-order valence-electron chi connectivity index (χ0n) is 15.9. The molecule has 1 aliphatic rings. The normalized spacial score (nSPS) is 14.4. The Hall–Kier alpha value is -3.04. The molecule has 0 radical (unpaired) electrons. The number of methoxy groups -OCH3 is 2. The second-order valence-electron chi connectivity index (χ2n) is 6.62. The highest BCUT2D eigenvalue weighted by atomic mass is 35.5. The minimum atomic E-state index is -0.560. The monoisotopic (exact) mass is 420 g/mol. The molecule has 1 aliphatic carbocycles. The van der Waals surface area contributed by atoms with Crippen LogP contribution in [0.1, 0.15) is 35.6 Å². The zero-order valence-corrected chi connectivity index (χ0v) is 16.7. The highest BCUT2D eigenvalue weighted by Crippen LogP contribution is 2.41. The first kappa shape index (κ1) is 20.7. The van der Waals surface area contributed by atoms with Gasteiger partial charge >= 0.3 is 0 Å². The van der Waals surface area contributed by atoms with Crippen LogP contribution >= 0.6 is 12.4 Å². The summed E-state index contributed by atoms with van der Waals surface area (Å²) in [6, 6.07) is 6.49. The number of anilines is 1. The summed E-state index contributed by atoms with van der Waals surface area (Å²) in [6.07, 6.45) is 4.06. The van der Waals surface area contributed by atoms with Crippen LogP contribution in [0, 0.1) is 0 Å². The van der Waals surface area contributed by atoms with E-state index in [0.717, 1.165) is 19.3 Å². The fraction of sp³-hybridized carbons (Fsp3) is 0.316. The van der Waals surface area contributed by atoms with Gasteiger partial charge in [-0.2, -0.15) is 4.98 Å². The molecule has 0 saturated heterocycles. The van der Waals surface area contributed by atoms with Gasteiger partial charge in [0.2, 0.25) is 0 Å². The molecule has 2 heterocycles. The maximum absolute atomic E-state index is 12.5. The van der Waals surface area contributed by atoms with Crippen molar-refractivity contribution >= 4 is 24.0 Å². The van der Waals surface area contributed by atoms with E-state index in [9.17, 15) is 4.79 Å². The van der Waals surface area contributed by atoms with Gasteiger partial charge in [0.1, 0.15) is 0 Å². The number of nitrogens with one attached hydrogen (secondary N) is 1. The Morgan fingerprint density at radius 1 is 1.24 bits per heavy atom. The van der Waals surface area contributed by atoms with E-state index in [1.165, 1.54) is 20.5 Å². The van der Waals surface area contributed by atoms with E-state index in [-0.39, 0.29) is 24.1 Å². The maximum Gasteiger partial charge on any atom is 0.291 e. The summed E-state index contributed by atoms with van der Waals surface area (Å²) in [6.45, 7) is 0. The van der Waals surface area contributed by atoms with Crippen LogP contribution < -0.4 is 20.5 Å². The molecule has 10 heteroatoms. The molecule has 0 bridgehead atoms. The van der Waals surface area contributed by atoms with Gasteiger partial charge in [-0.1, -0.05) is 5.16 Å². The maximum atomic E-state index is 12.5. The topological polar surface area (TPSA) is 126 Å². The van der Waals surface area contributed by atoms with Gasteiger partial charge in [0, 0.05) is 6.07 Å². The Bertz CT molecular complexity index is 998. The van der Waals surface area contributed by atoms with Gasteiger partial charge in [-0.3, -0.25) is 4.79 Å². The molecule has 1 amide bonds. The van der Waals surface area contributed by atoms with Crippen molar-refractivity contribution in [2.75, 3.05) is 19.5 Å². The molecule has 3 aromatic rings. The van der Waals surface area contributed by atoms with Gasteiger partial charge < -0.3 is 29.5 Å². The minimum Gasteiger partial charge on any atom is -0.493 e. The lowest BCUT2D eigenvalue weighted by Crippen LogP contribution is -2.44. The van der Waals surface area contributed by atoms with Crippen molar-refractivity contribution in [3.63, 3.8) is 0 Å². The molecular formula is C19H21ClN4O5. The van der Waals surface area contributed by atoms with Crippen molar-refractivity contribution in [3.8, 4) is 23.0 Å². The summed E-state index contributed by atoms with van der Waals surface area (Å²) >= 11 is 0. The molecule has 0 unspecified atom stereocenters. The molecular weight excluding hydrogens is 400 g/mol. The lowest BCUT2D eigenvalue weighted by atomic mass is 9.77. The van der Waals surface area contributed by atoms with Crippen LogP contribution in [0.2, 0.25) is 0 Å². The average molecular weight is 421 g/mol. The van der Waals surface area contributed by atoms with Gasteiger partial charge in [-0.15, -0.1) is 12.4 Å². The number of nitrogens with two attached hydrogens (primary N) is 1. The number of furan rings is 1. The number of hydrogen-bond acceptors (Lipinski definition) is 8. The highest BCUT2D eigenvalue weighted by Gasteiger charge is 2.39. The van der Waals surface area contributed by atoms with E-state index in [0.29, 0.717) is 28.6 Å². The van der Waals surface area contributed by atoms with E-state index in [2.05, 4.69) is 15.5 Å². The van der Waals surface area contributed by atoms with Crippen molar-refractivity contribution in [1.82, 2.24) is 10.1 Å². The first-order valence-corrected chi connectivity index (χ1v) is 8.78. The number of aromatic nitrogens is 2. The second kappa shape index (κ2) is 8.14. The van der Waals surface area contributed by atoms with E-state index in [4.69, 9.17) is 24.1 Å². The molecule has 154 valence electrons. The first-order valence-electron chi connectivity index (χ1n) is 8.78. The minimum absolute atomic E-state index is 0. The molecule has 9 nitrogen and oxygen atoms in total. The third kappa shape index (κ3) is 3.79.